The molecule has 0 radical (unpaired) electrons. The number of benzene rings is 1. The first kappa shape index (κ1) is 22.1. The first-order valence-corrected chi connectivity index (χ1v) is 11.6. The SMILES string of the molecule is C[C@@H](Nc1nc(Cl)nc2c1CN(S(=O)(=O)C1CC1)CC2)c1cc(N)cc(C(F)(F)F)c1. The lowest BCUT2D eigenvalue weighted by molar-refractivity contribution is -0.137. The Morgan fingerprint density at radius 2 is 1.97 bits per heavy atom. The van der Waals surface area contributed by atoms with Crippen LogP contribution in [0.25, 0.3) is 0 Å². The number of alkyl halides is 3. The molecule has 2 aliphatic rings. The first-order valence-electron chi connectivity index (χ1n) is 9.73. The van der Waals surface area contributed by atoms with E-state index >= 15 is 0 Å². The predicted molar refractivity (Wildman–Crippen MR) is 111 cm³/mol. The van der Waals surface area contributed by atoms with Gasteiger partial charge in [-0.1, -0.05) is 0 Å². The zero-order valence-electron chi connectivity index (χ0n) is 16.6. The van der Waals surface area contributed by atoms with Crippen LogP contribution in [0.5, 0.6) is 0 Å². The van der Waals surface area contributed by atoms with Crippen LogP contribution in [0.1, 0.15) is 48.2 Å². The van der Waals surface area contributed by atoms with Gasteiger partial charge in [0.25, 0.3) is 0 Å². The lowest BCUT2D eigenvalue weighted by atomic mass is 10.0. The minimum absolute atomic E-state index is 0.0112. The summed E-state index contributed by atoms with van der Waals surface area (Å²) in [6, 6.07) is 2.74. The third-order valence-electron chi connectivity index (χ3n) is 5.46. The predicted octanol–water partition coefficient (Wildman–Crippen LogP) is 3.75. The van der Waals surface area contributed by atoms with Gasteiger partial charge in [-0.25, -0.2) is 18.4 Å². The van der Waals surface area contributed by atoms with Gasteiger partial charge in [-0.15, -0.1) is 0 Å². The maximum Gasteiger partial charge on any atom is 0.416 e. The van der Waals surface area contributed by atoms with E-state index in [9.17, 15) is 21.6 Å². The summed E-state index contributed by atoms with van der Waals surface area (Å²) < 4.78 is 66.2. The molecule has 1 atom stereocenters. The van der Waals surface area contributed by atoms with Crippen LogP contribution < -0.4 is 11.1 Å². The molecule has 2 heterocycles. The Balaban J connectivity index is 1.64. The van der Waals surface area contributed by atoms with E-state index in [4.69, 9.17) is 17.3 Å². The summed E-state index contributed by atoms with van der Waals surface area (Å²) in [4.78, 5) is 8.41. The van der Waals surface area contributed by atoms with E-state index in [2.05, 4.69) is 15.3 Å². The highest BCUT2D eigenvalue weighted by Crippen LogP contribution is 2.36. The lowest BCUT2D eigenvalue weighted by Gasteiger charge is -2.29. The van der Waals surface area contributed by atoms with Crippen molar-refractivity contribution >= 4 is 33.1 Å². The number of fused-ring (bicyclic) bond motifs is 1. The van der Waals surface area contributed by atoms with Crippen molar-refractivity contribution in [3.63, 3.8) is 0 Å². The van der Waals surface area contributed by atoms with Crippen LogP contribution >= 0.6 is 11.6 Å². The summed E-state index contributed by atoms with van der Waals surface area (Å²) in [7, 11) is -3.39. The van der Waals surface area contributed by atoms with Gasteiger partial charge >= 0.3 is 6.18 Å². The first-order chi connectivity index (χ1) is 14.4. The molecule has 0 spiro atoms. The van der Waals surface area contributed by atoms with Crippen molar-refractivity contribution < 1.29 is 21.6 Å². The van der Waals surface area contributed by atoms with Crippen LogP contribution in [0.3, 0.4) is 0 Å². The fourth-order valence-electron chi connectivity index (χ4n) is 3.65. The second kappa shape index (κ2) is 7.79. The number of rotatable bonds is 5. The molecular weight excluding hydrogens is 455 g/mol. The summed E-state index contributed by atoms with van der Waals surface area (Å²) >= 11 is 6.05. The maximum atomic E-state index is 13.2. The molecule has 0 amide bonds. The smallest absolute Gasteiger partial charge is 0.399 e. The van der Waals surface area contributed by atoms with Gasteiger partial charge in [0, 0.05) is 30.8 Å². The summed E-state index contributed by atoms with van der Waals surface area (Å²) in [5.74, 6) is 0.300. The van der Waals surface area contributed by atoms with E-state index in [0.717, 1.165) is 12.1 Å². The summed E-state index contributed by atoms with van der Waals surface area (Å²) in [5.41, 5.74) is 6.33. The molecule has 4 rings (SSSR count). The Morgan fingerprint density at radius 1 is 1.26 bits per heavy atom. The van der Waals surface area contributed by atoms with Gasteiger partial charge in [0.2, 0.25) is 15.3 Å². The number of nitrogen functional groups attached to an aromatic ring is 1. The quantitative estimate of drug-likeness (QED) is 0.504. The number of hydrogen-bond donors (Lipinski definition) is 2. The number of sulfonamides is 1. The van der Waals surface area contributed by atoms with Crippen LogP contribution in [0.4, 0.5) is 24.7 Å². The van der Waals surface area contributed by atoms with E-state index < -0.39 is 27.8 Å². The normalized spacial score (nSPS) is 18.5. The van der Waals surface area contributed by atoms with Crippen LogP contribution in [-0.4, -0.2) is 34.5 Å². The Labute approximate surface area is 182 Å². The largest absolute Gasteiger partial charge is 0.416 e. The van der Waals surface area contributed by atoms with E-state index in [0.29, 0.717) is 48.4 Å². The van der Waals surface area contributed by atoms with E-state index in [-0.39, 0.29) is 22.8 Å². The highest BCUT2D eigenvalue weighted by atomic mass is 35.5. The molecule has 2 aromatic rings. The average molecular weight is 476 g/mol. The fourth-order valence-corrected chi connectivity index (χ4v) is 5.65. The Morgan fingerprint density at radius 3 is 2.61 bits per heavy atom. The molecule has 0 saturated heterocycles. The zero-order valence-corrected chi connectivity index (χ0v) is 18.2. The minimum Gasteiger partial charge on any atom is -0.399 e. The Bertz CT molecular complexity index is 1120. The molecule has 0 unspecified atom stereocenters. The standard InChI is InChI=1S/C19H21ClF3N5O2S/c1-10(11-6-12(19(21,22)23)8-13(24)7-11)25-17-15-9-28(31(29,30)14-2-3-14)5-4-16(15)26-18(20)27-17/h6-8,10,14H,2-5,9,24H2,1H3,(H,25,26,27)/t10-/m1/s1. The fraction of sp³-hybridized carbons (Fsp3) is 0.474. The van der Waals surface area contributed by atoms with Gasteiger partial charge in [-0.3, -0.25) is 0 Å². The zero-order chi connectivity index (χ0) is 22.6. The van der Waals surface area contributed by atoms with Crippen LogP contribution in [0, 0.1) is 0 Å². The van der Waals surface area contributed by atoms with E-state index in [1.54, 1.807) is 6.92 Å². The molecule has 1 fully saturated rings. The number of anilines is 2. The summed E-state index contributed by atoms with van der Waals surface area (Å²) in [6.07, 6.45) is -2.84. The molecule has 1 aromatic heterocycles. The van der Waals surface area contributed by atoms with Crippen molar-refractivity contribution in [3.8, 4) is 0 Å². The highest BCUT2D eigenvalue weighted by Gasteiger charge is 2.41. The van der Waals surface area contributed by atoms with E-state index in [1.807, 2.05) is 0 Å². The molecule has 168 valence electrons. The van der Waals surface area contributed by atoms with Gasteiger partial charge in [0.15, 0.2) is 0 Å². The Kier molecular flexibility index (Phi) is 5.55. The van der Waals surface area contributed by atoms with Crippen LogP contribution in [0.2, 0.25) is 5.28 Å². The molecule has 1 aromatic carbocycles. The number of nitrogens with one attached hydrogen (secondary N) is 1. The molecule has 1 saturated carbocycles. The van der Waals surface area contributed by atoms with Crippen molar-refractivity contribution in [2.24, 2.45) is 0 Å². The topological polar surface area (TPSA) is 101 Å². The number of nitrogens with two attached hydrogens (primary N) is 1. The van der Waals surface area contributed by atoms with Crippen molar-refractivity contribution in [1.29, 1.82) is 0 Å². The monoisotopic (exact) mass is 475 g/mol. The number of nitrogens with zero attached hydrogens (tertiary/aromatic N) is 3. The summed E-state index contributed by atoms with van der Waals surface area (Å²) in [5, 5.41) is 2.71. The summed E-state index contributed by atoms with van der Waals surface area (Å²) in [6.45, 7) is 2.06. The lowest BCUT2D eigenvalue weighted by Crippen LogP contribution is -2.39. The third-order valence-corrected chi connectivity index (χ3v) is 7.98. The number of hydrogen-bond acceptors (Lipinski definition) is 6. The second-order valence-electron chi connectivity index (χ2n) is 7.85. The van der Waals surface area contributed by atoms with Crippen molar-refractivity contribution in [1.82, 2.24) is 14.3 Å². The maximum absolute atomic E-state index is 13.2. The molecule has 0 bridgehead atoms. The molecule has 1 aliphatic carbocycles. The average Bonchev–Trinajstić information content (AvgIpc) is 3.52. The molecule has 7 nitrogen and oxygen atoms in total. The molecule has 3 N–H and O–H groups in total. The van der Waals surface area contributed by atoms with Crippen molar-refractivity contribution in [3.05, 3.63) is 45.9 Å². The van der Waals surface area contributed by atoms with Gasteiger partial charge < -0.3 is 11.1 Å². The van der Waals surface area contributed by atoms with Gasteiger partial charge in [0.1, 0.15) is 5.82 Å². The number of aromatic nitrogens is 2. The van der Waals surface area contributed by atoms with E-state index in [1.165, 1.54) is 10.4 Å². The molecule has 1 aliphatic heterocycles. The molecule has 31 heavy (non-hydrogen) atoms. The van der Waals surface area contributed by atoms with Crippen molar-refractivity contribution in [2.75, 3.05) is 17.6 Å². The highest BCUT2D eigenvalue weighted by molar-refractivity contribution is 7.90. The third kappa shape index (κ3) is 4.58. The molecule has 12 heteroatoms. The van der Waals surface area contributed by atoms with Gasteiger partial charge in [0.05, 0.1) is 22.5 Å². The van der Waals surface area contributed by atoms with Gasteiger partial charge in [-0.05, 0) is 55.1 Å². The van der Waals surface area contributed by atoms with Crippen LogP contribution in [0.15, 0.2) is 18.2 Å². The second-order valence-corrected chi connectivity index (χ2v) is 10.4. The van der Waals surface area contributed by atoms with Crippen molar-refractivity contribution in [2.45, 2.75) is 50.2 Å². The molecular formula is C19H21ClF3N5O2S. The number of halogens is 4. The minimum atomic E-state index is -4.53. The van der Waals surface area contributed by atoms with Gasteiger partial charge in [-0.2, -0.15) is 17.5 Å². The van der Waals surface area contributed by atoms with Crippen LogP contribution in [-0.2, 0) is 29.2 Å². The Hall–Kier alpha value is -2.11.